The van der Waals surface area contributed by atoms with E-state index in [4.69, 9.17) is 0 Å². The second-order valence-electron chi connectivity index (χ2n) is 4.51. The summed E-state index contributed by atoms with van der Waals surface area (Å²) in [5, 5.41) is 5.39. The molecule has 0 spiro atoms. The lowest BCUT2D eigenvalue weighted by molar-refractivity contribution is -0.137. The van der Waals surface area contributed by atoms with Crippen LogP contribution in [0.25, 0.3) is 0 Å². The number of nitrogens with one attached hydrogen (secondary N) is 2. The Bertz CT molecular complexity index is 433. The Morgan fingerprint density at radius 2 is 2.00 bits per heavy atom. The molecule has 20 heavy (non-hydrogen) atoms. The highest BCUT2D eigenvalue weighted by molar-refractivity contribution is 5.92. The number of alkyl halides is 3. The van der Waals surface area contributed by atoms with Gasteiger partial charge in [0.15, 0.2) is 0 Å². The number of hydrogen-bond acceptors (Lipinski definition) is 2. The number of rotatable bonds is 7. The molecule has 0 saturated heterocycles. The minimum Gasteiger partial charge on any atom is -0.325 e. The van der Waals surface area contributed by atoms with Gasteiger partial charge in [0.1, 0.15) is 0 Å². The molecule has 0 radical (unpaired) electrons. The van der Waals surface area contributed by atoms with Crippen molar-refractivity contribution in [1.82, 2.24) is 5.32 Å². The van der Waals surface area contributed by atoms with Crippen LogP contribution in [0.2, 0.25) is 0 Å². The normalized spacial score (nSPS) is 11.4. The summed E-state index contributed by atoms with van der Waals surface area (Å²) in [5.41, 5.74) is -0.619. The molecule has 1 aromatic carbocycles. The predicted octanol–water partition coefficient (Wildman–Crippen LogP) is 3.42. The Kier molecular flexibility index (Phi) is 6.51. The zero-order valence-corrected chi connectivity index (χ0v) is 11.4. The number of unbranched alkanes of at least 4 members (excludes halogenated alkanes) is 2. The lowest BCUT2D eigenvalue weighted by Gasteiger charge is -2.10. The molecule has 0 aromatic heterocycles. The van der Waals surface area contributed by atoms with Gasteiger partial charge in [0, 0.05) is 5.69 Å². The molecule has 112 valence electrons. The fourth-order valence-corrected chi connectivity index (χ4v) is 1.68. The van der Waals surface area contributed by atoms with Crippen LogP contribution in [0.15, 0.2) is 24.3 Å². The zero-order valence-electron chi connectivity index (χ0n) is 11.4. The molecule has 0 unspecified atom stereocenters. The standard InChI is InChI=1S/C14H19F3N2O/c1-2-3-4-8-18-10-13(20)19-12-7-5-6-11(9-12)14(15,16)17/h5-7,9,18H,2-4,8,10H2,1H3,(H,19,20). The number of hydrogen-bond donors (Lipinski definition) is 2. The van der Waals surface area contributed by atoms with E-state index in [0.29, 0.717) is 0 Å². The third-order valence-corrected chi connectivity index (χ3v) is 2.72. The summed E-state index contributed by atoms with van der Waals surface area (Å²) < 4.78 is 37.5. The van der Waals surface area contributed by atoms with Crippen LogP contribution in [0.4, 0.5) is 18.9 Å². The number of benzene rings is 1. The van der Waals surface area contributed by atoms with E-state index in [2.05, 4.69) is 17.6 Å². The number of carbonyl (C=O) groups excluding carboxylic acids is 1. The lowest BCUT2D eigenvalue weighted by Crippen LogP contribution is -2.28. The van der Waals surface area contributed by atoms with Gasteiger partial charge in [-0.3, -0.25) is 4.79 Å². The van der Waals surface area contributed by atoms with E-state index < -0.39 is 11.7 Å². The van der Waals surface area contributed by atoms with Gasteiger partial charge in [-0.2, -0.15) is 13.2 Å². The van der Waals surface area contributed by atoms with Crippen molar-refractivity contribution in [1.29, 1.82) is 0 Å². The first-order valence-electron chi connectivity index (χ1n) is 6.61. The van der Waals surface area contributed by atoms with Gasteiger partial charge in [0.2, 0.25) is 5.91 Å². The second-order valence-corrected chi connectivity index (χ2v) is 4.51. The number of amides is 1. The fourth-order valence-electron chi connectivity index (χ4n) is 1.68. The molecule has 1 aromatic rings. The summed E-state index contributed by atoms with van der Waals surface area (Å²) in [7, 11) is 0. The quantitative estimate of drug-likeness (QED) is 0.755. The third kappa shape index (κ3) is 6.06. The Labute approximate surface area is 116 Å². The van der Waals surface area contributed by atoms with Gasteiger partial charge >= 0.3 is 6.18 Å². The summed E-state index contributed by atoms with van der Waals surface area (Å²) in [5.74, 6) is -0.346. The predicted molar refractivity (Wildman–Crippen MR) is 72.5 cm³/mol. The third-order valence-electron chi connectivity index (χ3n) is 2.72. The van der Waals surface area contributed by atoms with Crippen molar-refractivity contribution in [3.63, 3.8) is 0 Å². The minimum absolute atomic E-state index is 0.0972. The Morgan fingerprint density at radius 1 is 1.25 bits per heavy atom. The molecule has 1 rings (SSSR count). The van der Waals surface area contributed by atoms with Crippen LogP contribution < -0.4 is 10.6 Å². The molecule has 0 aliphatic rings. The number of carbonyl (C=O) groups is 1. The molecule has 0 atom stereocenters. The molecule has 0 saturated carbocycles. The van der Waals surface area contributed by atoms with Crippen LogP contribution in [0.1, 0.15) is 31.7 Å². The maximum absolute atomic E-state index is 12.5. The smallest absolute Gasteiger partial charge is 0.325 e. The minimum atomic E-state index is -4.40. The van der Waals surface area contributed by atoms with Crippen LogP contribution >= 0.6 is 0 Å². The molecule has 6 heteroatoms. The molecule has 0 aliphatic carbocycles. The first kappa shape index (κ1) is 16.5. The van der Waals surface area contributed by atoms with Crippen LogP contribution in [0.3, 0.4) is 0 Å². The van der Waals surface area contributed by atoms with Crippen molar-refractivity contribution in [2.75, 3.05) is 18.4 Å². The van der Waals surface area contributed by atoms with Gasteiger partial charge in [-0.15, -0.1) is 0 Å². The molecule has 0 aliphatic heterocycles. The molecular formula is C14H19F3N2O. The van der Waals surface area contributed by atoms with E-state index in [0.717, 1.165) is 37.9 Å². The van der Waals surface area contributed by atoms with Crippen molar-refractivity contribution in [2.45, 2.75) is 32.4 Å². The van der Waals surface area contributed by atoms with Gasteiger partial charge in [-0.05, 0) is 31.2 Å². The highest BCUT2D eigenvalue weighted by Gasteiger charge is 2.30. The van der Waals surface area contributed by atoms with Crippen molar-refractivity contribution in [2.24, 2.45) is 0 Å². The van der Waals surface area contributed by atoms with Crippen LogP contribution in [0.5, 0.6) is 0 Å². The monoisotopic (exact) mass is 288 g/mol. The topological polar surface area (TPSA) is 41.1 Å². The summed E-state index contributed by atoms with van der Waals surface area (Å²) in [4.78, 5) is 11.6. The summed E-state index contributed by atoms with van der Waals surface area (Å²) >= 11 is 0. The molecule has 0 bridgehead atoms. The van der Waals surface area contributed by atoms with Gasteiger partial charge in [0.25, 0.3) is 0 Å². The van der Waals surface area contributed by atoms with Crippen LogP contribution in [0, 0.1) is 0 Å². The largest absolute Gasteiger partial charge is 0.416 e. The summed E-state index contributed by atoms with van der Waals surface area (Å²) in [6.45, 7) is 2.91. The van der Waals surface area contributed by atoms with Crippen LogP contribution in [-0.4, -0.2) is 19.0 Å². The van der Waals surface area contributed by atoms with E-state index in [1.165, 1.54) is 12.1 Å². The summed E-state index contributed by atoms with van der Waals surface area (Å²) in [6, 6.07) is 4.60. The zero-order chi connectivity index (χ0) is 15.0. The van der Waals surface area contributed by atoms with Crippen molar-refractivity contribution in [3.05, 3.63) is 29.8 Å². The van der Waals surface area contributed by atoms with Gasteiger partial charge in [-0.1, -0.05) is 25.8 Å². The molecule has 1 amide bonds. The van der Waals surface area contributed by atoms with Crippen molar-refractivity contribution in [3.8, 4) is 0 Å². The van der Waals surface area contributed by atoms with E-state index in [1.807, 2.05) is 0 Å². The maximum atomic E-state index is 12.5. The second kappa shape index (κ2) is 7.89. The van der Waals surface area contributed by atoms with E-state index >= 15 is 0 Å². The molecular weight excluding hydrogens is 269 g/mol. The molecule has 2 N–H and O–H groups in total. The average Bonchev–Trinajstić information content (AvgIpc) is 2.38. The molecule has 3 nitrogen and oxygen atoms in total. The Hall–Kier alpha value is -1.56. The lowest BCUT2D eigenvalue weighted by atomic mass is 10.2. The Balaban J connectivity index is 2.42. The first-order chi connectivity index (χ1) is 9.43. The number of halogens is 3. The number of anilines is 1. The van der Waals surface area contributed by atoms with Crippen molar-refractivity contribution >= 4 is 11.6 Å². The van der Waals surface area contributed by atoms with Crippen LogP contribution in [-0.2, 0) is 11.0 Å². The highest BCUT2D eigenvalue weighted by Crippen LogP contribution is 2.30. The average molecular weight is 288 g/mol. The Morgan fingerprint density at radius 3 is 2.65 bits per heavy atom. The highest BCUT2D eigenvalue weighted by atomic mass is 19.4. The van der Waals surface area contributed by atoms with Gasteiger partial charge < -0.3 is 10.6 Å². The first-order valence-corrected chi connectivity index (χ1v) is 6.61. The van der Waals surface area contributed by atoms with Gasteiger partial charge in [0.05, 0.1) is 12.1 Å². The SMILES string of the molecule is CCCCCNCC(=O)Nc1cccc(C(F)(F)F)c1. The maximum Gasteiger partial charge on any atom is 0.416 e. The van der Waals surface area contributed by atoms with E-state index in [-0.39, 0.29) is 18.1 Å². The summed E-state index contributed by atoms with van der Waals surface area (Å²) in [6.07, 6.45) is -1.24. The molecule has 0 fully saturated rings. The van der Waals surface area contributed by atoms with E-state index in [9.17, 15) is 18.0 Å². The van der Waals surface area contributed by atoms with E-state index in [1.54, 1.807) is 0 Å². The van der Waals surface area contributed by atoms with Crippen molar-refractivity contribution < 1.29 is 18.0 Å². The molecule has 0 heterocycles. The van der Waals surface area contributed by atoms with Gasteiger partial charge in [-0.25, -0.2) is 0 Å². The fraction of sp³-hybridized carbons (Fsp3) is 0.500.